The smallest absolute Gasteiger partial charge is 0.308 e. The van der Waals surface area contributed by atoms with Gasteiger partial charge in [0.25, 0.3) is 0 Å². The quantitative estimate of drug-likeness (QED) is 0.348. The first-order chi connectivity index (χ1) is 17.4. The summed E-state index contributed by atoms with van der Waals surface area (Å²) in [6, 6.07) is 6.01. The number of carboxylic acid groups (broad SMARTS) is 1. The molecule has 3 rings (SSSR count). The van der Waals surface area contributed by atoms with E-state index in [1.807, 2.05) is 17.0 Å². The van der Waals surface area contributed by atoms with Crippen LogP contribution >= 0.6 is 0 Å². The third-order valence-electron chi connectivity index (χ3n) is 7.96. The predicted molar refractivity (Wildman–Crippen MR) is 143 cm³/mol. The van der Waals surface area contributed by atoms with Crippen LogP contribution in [0.25, 0.3) is 0 Å². The van der Waals surface area contributed by atoms with Crippen molar-refractivity contribution in [1.82, 2.24) is 9.80 Å². The number of rotatable bonds is 15. The Morgan fingerprint density at radius 1 is 1.19 bits per heavy atom. The molecule has 2 heterocycles. The average Bonchev–Trinajstić information content (AvgIpc) is 3.45. The highest BCUT2D eigenvalue weighted by molar-refractivity contribution is 5.79. The van der Waals surface area contributed by atoms with Gasteiger partial charge in [-0.3, -0.25) is 14.5 Å². The lowest BCUT2D eigenvalue weighted by molar-refractivity contribution is -0.144. The van der Waals surface area contributed by atoms with Gasteiger partial charge in [-0.2, -0.15) is 0 Å². The maximum Gasteiger partial charge on any atom is 0.308 e. The van der Waals surface area contributed by atoms with Gasteiger partial charge < -0.3 is 20.5 Å². The summed E-state index contributed by atoms with van der Waals surface area (Å²) in [5.41, 5.74) is 7.90. The van der Waals surface area contributed by atoms with Crippen molar-refractivity contribution in [3.05, 3.63) is 29.3 Å². The van der Waals surface area contributed by atoms with Crippen molar-refractivity contribution in [2.75, 3.05) is 39.3 Å². The lowest BCUT2D eigenvalue weighted by atomic mass is 9.81. The van der Waals surface area contributed by atoms with E-state index in [-0.39, 0.29) is 24.4 Å². The first-order valence-electron chi connectivity index (χ1n) is 14.1. The van der Waals surface area contributed by atoms with Gasteiger partial charge in [0.2, 0.25) is 5.91 Å². The van der Waals surface area contributed by atoms with E-state index in [4.69, 9.17) is 10.5 Å². The highest BCUT2D eigenvalue weighted by atomic mass is 16.5. The number of unbranched alkanes of at least 4 members (excludes halogenated alkanes) is 2. The molecule has 4 unspecified atom stereocenters. The van der Waals surface area contributed by atoms with E-state index >= 15 is 0 Å². The van der Waals surface area contributed by atoms with E-state index in [2.05, 4.69) is 31.7 Å². The van der Waals surface area contributed by atoms with Gasteiger partial charge in [0, 0.05) is 38.0 Å². The van der Waals surface area contributed by atoms with Gasteiger partial charge in [-0.25, -0.2) is 0 Å². The molecule has 0 saturated carbocycles. The summed E-state index contributed by atoms with van der Waals surface area (Å²) in [5, 5.41) is 10.4. The van der Waals surface area contributed by atoms with Gasteiger partial charge in [0.05, 0.1) is 19.1 Å². The van der Waals surface area contributed by atoms with Crippen LogP contribution in [0.5, 0.6) is 5.75 Å². The monoisotopic (exact) mass is 501 g/mol. The Labute approximate surface area is 217 Å². The molecule has 1 aromatic carbocycles. The van der Waals surface area contributed by atoms with Crippen LogP contribution in [0.4, 0.5) is 0 Å². The number of fused-ring (bicyclic) bond motifs is 1. The number of hydrogen-bond donors (Lipinski definition) is 2. The topological polar surface area (TPSA) is 96.1 Å². The van der Waals surface area contributed by atoms with E-state index in [0.29, 0.717) is 25.6 Å². The molecule has 2 aliphatic heterocycles. The van der Waals surface area contributed by atoms with E-state index in [1.54, 1.807) is 0 Å². The van der Waals surface area contributed by atoms with Crippen LogP contribution in [0, 0.1) is 11.8 Å². The van der Waals surface area contributed by atoms with Crippen molar-refractivity contribution in [2.45, 2.75) is 84.1 Å². The Kier molecular flexibility index (Phi) is 11.1. The van der Waals surface area contributed by atoms with Crippen LogP contribution in [0.2, 0.25) is 0 Å². The van der Waals surface area contributed by atoms with Gasteiger partial charge in [-0.05, 0) is 55.3 Å². The number of likely N-dealkylation sites (tertiary alicyclic amines) is 1. The molecule has 0 radical (unpaired) electrons. The maximum absolute atomic E-state index is 13.5. The van der Waals surface area contributed by atoms with Gasteiger partial charge in [-0.1, -0.05) is 52.2 Å². The SMILES string of the molecule is CCCCN(CCCCN)C(=O)CN1CC(c2ccc3c(c2)CCO3)C(C(=O)O)C1CC(C)CCC. The minimum atomic E-state index is -0.758. The fraction of sp³-hybridized carbons (Fsp3) is 0.724. The van der Waals surface area contributed by atoms with Crippen LogP contribution in [0.15, 0.2) is 18.2 Å². The van der Waals surface area contributed by atoms with Gasteiger partial charge >= 0.3 is 5.97 Å². The second-order valence-corrected chi connectivity index (χ2v) is 10.8. The molecule has 1 saturated heterocycles. The molecule has 0 aromatic heterocycles. The third-order valence-corrected chi connectivity index (χ3v) is 7.96. The van der Waals surface area contributed by atoms with Crippen LogP contribution in [-0.4, -0.2) is 72.2 Å². The molecule has 1 fully saturated rings. The Morgan fingerprint density at radius 2 is 1.97 bits per heavy atom. The number of hydrogen-bond acceptors (Lipinski definition) is 5. The lowest BCUT2D eigenvalue weighted by Gasteiger charge is -2.31. The molecule has 1 amide bonds. The molecule has 3 N–H and O–H groups in total. The number of carbonyl (C=O) groups excluding carboxylic acids is 1. The molecule has 0 bridgehead atoms. The second-order valence-electron chi connectivity index (χ2n) is 10.8. The minimum absolute atomic E-state index is 0.112. The molecule has 0 aliphatic carbocycles. The van der Waals surface area contributed by atoms with Crippen molar-refractivity contribution < 1.29 is 19.4 Å². The molecule has 1 aromatic rings. The Hall–Kier alpha value is -2.12. The molecular weight excluding hydrogens is 454 g/mol. The number of nitrogens with zero attached hydrogens (tertiary/aromatic N) is 2. The molecule has 202 valence electrons. The summed E-state index contributed by atoms with van der Waals surface area (Å²) in [6.45, 7) is 10.2. The number of ether oxygens (including phenoxy) is 1. The number of amides is 1. The average molecular weight is 502 g/mol. The van der Waals surface area contributed by atoms with Crippen LogP contribution in [0.1, 0.15) is 82.8 Å². The zero-order valence-corrected chi connectivity index (χ0v) is 22.6. The van der Waals surface area contributed by atoms with E-state index in [1.165, 1.54) is 0 Å². The zero-order chi connectivity index (χ0) is 26.1. The number of benzene rings is 1. The van der Waals surface area contributed by atoms with Gasteiger partial charge in [0.15, 0.2) is 0 Å². The first-order valence-corrected chi connectivity index (χ1v) is 14.1. The van der Waals surface area contributed by atoms with Crippen molar-refractivity contribution in [2.24, 2.45) is 17.6 Å². The fourth-order valence-corrected chi connectivity index (χ4v) is 6.01. The minimum Gasteiger partial charge on any atom is -0.493 e. The summed E-state index contributed by atoms with van der Waals surface area (Å²) in [5.74, 6) is 0.00676. The van der Waals surface area contributed by atoms with E-state index in [9.17, 15) is 14.7 Å². The normalized spacial score (nSPS) is 22.3. The lowest BCUT2D eigenvalue weighted by Crippen LogP contribution is -2.45. The molecule has 0 spiro atoms. The molecule has 7 heteroatoms. The number of aliphatic carboxylic acids is 1. The summed E-state index contributed by atoms with van der Waals surface area (Å²) >= 11 is 0. The van der Waals surface area contributed by atoms with Gasteiger partial charge in [-0.15, -0.1) is 0 Å². The van der Waals surface area contributed by atoms with Crippen molar-refractivity contribution in [1.29, 1.82) is 0 Å². The van der Waals surface area contributed by atoms with E-state index in [0.717, 1.165) is 81.3 Å². The highest BCUT2D eigenvalue weighted by Gasteiger charge is 2.47. The molecule has 36 heavy (non-hydrogen) atoms. The summed E-state index contributed by atoms with van der Waals surface area (Å²) < 4.78 is 5.68. The van der Waals surface area contributed by atoms with Crippen molar-refractivity contribution >= 4 is 11.9 Å². The molecule has 7 nitrogen and oxygen atoms in total. The van der Waals surface area contributed by atoms with Crippen molar-refractivity contribution in [3.8, 4) is 5.75 Å². The molecular formula is C29H47N3O4. The van der Waals surface area contributed by atoms with Gasteiger partial charge in [0.1, 0.15) is 5.75 Å². The van der Waals surface area contributed by atoms with Crippen molar-refractivity contribution in [3.63, 3.8) is 0 Å². The third kappa shape index (κ3) is 7.22. The largest absolute Gasteiger partial charge is 0.493 e. The van der Waals surface area contributed by atoms with Crippen LogP contribution in [0.3, 0.4) is 0 Å². The van der Waals surface area contributed by atoms with Crippen LogP contribution in [-0.2, 0) is 16.0 Å². The Bertz CT molecular complexity index is 861. The highest BCUT2D eigenvalue weighted by Crippen LogP contribution is 2.42. The summed E-state index contributed by atoms with van der Waals surface area (Å²) in [6.07, 6.45) is 7.61. The Balaban J connectivity index is 1.85. The number of carbonyl (C=O) groups is 2. The second kappa shape index (κ2) is 14.0. The Morgan fingerprint density at radius 3 is 2.67 bits per heavy atom. The van der Waals surface area contributed by atoms with E-state index < -0.39 is 11.9 Å². The predicted octanol–water partition coefficient (Wildman–Crippen LogP) is 4.28. The standard InChI is InChI=1S/C29H47N3O4/c1-4-6-14-31(15-8-7-13-30)27(33)20-32-19-24(22-10-11-26-23(18-22)12-16-36-26)28(29(34)35)25(32)17-21(3)9-5-2/h10-11,18,21,24-25,28H,4-9,12-17,19-20,30H2,1-3H3,(H,34,35). The molecule has 4 atom stereocenters. The fourth-order valence-electron chi connectivity index (χ4n) is 6.01. The summed E-state index contributed by atoms with van der Waals surface area (Å²) in [4.78, 5) is 30.4. The number of carboxylic acids is 1. The first kappa shape index (κ1) is 28.5. The summed E-state index contributed by atoms with van der Waals surface area (Å²) in [7, 11) is 0. The van der Waals surface area contributed by atoms with Crippen LogP contribution < -0.4 is 10.5 Å². The zero-order valence-electron chi connectivity index (χ0n) is 22.6. The molecule has 2 aliphatic rings. The number of nitrogens with two attached hydrogens (primary N) is 1. The maximum atomic E-state index is 13.5.